The van der Waals surface area contributed by atoms with Crippen molar-refractivity contribution in [3.8, 4) is 11.8 Å². The van der Waals surface area contributed by atoms with Gasteiger partial charge in [-0.15, -0.1) is 0 Å². The van der Waals surface area contributed by atoms with Crippen LogP contribution < -0.4 is 19.9 Å². The van der Waals surface area contributed by atoms with Gasteiger partial charge in [0.05, 0.1) is 29.4 Å². The van der Waals surface area contributed by atoms with Gasteiger partial charge in [-0.2, -0.15) is 18.4 Å². The number of nitrogens with zero attached hydrogens (tertiary/aromatic N) is 5. The van der Waals surface area contributed by atoms with E-state index in [2.05, 4.69) is 29.0 Å². The van der Waals surface area contributed by atoms with Crippen LogP contribution in [0.3, 0.4) is 0 Å². The van der Waals surface area contributed by atoms with Gasteiger partial charge in [-0.05, 0) is 130 Å². The van der Waals surface area contributed by atoms with E-state index in [1.807, 2.05) is 47.4 Å². The predicted octanol–water partition coefficient (Wildman–Crippen LogP) is 6.70. The molecule has 3 heterocycles. The molecule has 3 aliphatic heterocycles. The van der Waals surface area contributed by atoms with Crippen LogP contribution >= 0.6 is 12.2 Å². The highest BCUT2D eigenvalue weighted by molar-refractivity contribution is 7.81. The highest BCUT2D eigenvalue weighted by Crippen LogP contribution is 2.51. The number of thiocarbonyl (C=S) groups is 1. The minimum absolute atomic E-state index is 0.0142. The van der Waals surface area contributed by atoms with Gasteiger partial charge in [0.1, 0.15) is 17.9 Å². The number of piperazine rings is 1. The number of hydrogen-bond donors (Lipinski definition) is 1. The largest absolute Gasteiger partial charge is 0.492 e. The van der Waals surface area contributed by atoms with Crippen molar-refractivity contribution in [3.05, 3.63) is 88.5 Å². The fourth-order valence-electron chi connectivity index (χ4n) is 9.55. The van der Waals surface area contributed by atoms with Crippen molar-refractivity contribution in [1.82, 2.24) is 15.1 Å². The molecular formula is C46H49F3N6O5S. The van der Waals surface area contributed by atoms with Crippen LogP contribution in [0.25, 0.3) is 0 Å². The van der Waals surface area contributed by atoms with Crippen LogP contribution in [0, 0.1) is 17.2 Å². The molecule has 3 aromatic rings. The molecule has 1 spiro atoms. The van der Waals surface area contributed by atoms with Crippen molar-refractivity contribution in [2.75, 3.05) is 42.6 Å². The van der Waals surface area contributed by atoms with Gasteiger partial charge in [0.2, 0.25) is 11.8 Å². The fourth-order valence-corrected chi connectivity index (χ4v) is 10.0. The molecule has 11 nitrogen and oxygen atoms in total. The van der Waals surface area contributed by atoms with Crippen molar-refractivity contribution >= 4 is 52.2 Å². The molecule has 0 aromatic heterocycles. The molecule has 8 rings (SSSR count). The second kappa shape index (κ2) is 16.9. The van der Waals surface area contributed by atoms with Crippen LogP contribution in [0.1, 0.15) is 92.5 Å². The van der Waals surface area contributed by atoms with Crippen LogP contribution in [-0.2, 0) is 38.2 Å². The Morgan fingerprint density at radius 1 is 0.967 bits per heavy atom. The predicted molar refractivity (Wildman–Crippen MR) is 226 cm³/mol. The summed E-state index contributed by atoms with van der Waals surface area (Å²) < 4.78 is 48.2. The topological polar surface area (TPSA) is 126 Å². The van der Waals surface area contributed by atoms with Gasteiger partial charge >= 0.3 is 6.18 Å². The van der Waals surface area contributed by atoms with Crippen LogP contribution in [0.5, 0.6) is 5.75 Å². The minimum atomic E-state index is -4.78. The molecule has 15 heteroatoms. The van der Waals surface area contributed by atoms with Gasteiger partial charge in [0.25, 0.3) is 5.91 Å². The third-order valence-electron chi connectivity index (χ3n) is 13.0. The van der Waals surface area contributed by atoms with Crippen molar-refractivity contribution in [2.45, 2.75) is 101 Å². The summed E-state index contributed by atoms with van der Waals surface area (Å²) in [4.78, 5) is 58.9. The van der Waals surface area contributed by atoms with Crippen LogP contribution in [0.4, 0.5) is 24.5 Å². The van der Waals surface area contributed by atoms with E-state index in [0.717, 1.165) is 66.9 Å². The zero-order valence-corrected chi connectivity index (χ0v) is 35.1. The number of imide groups is 1. The van der Waals surface area contributed by atoms with Crippen LogP contribution in [-0.4, -0.2) is 88.8 Å². The highest BCUT2D eigenvalue weighted by Gasteiger charge is 2.60. The number of ether oxygens (including phenoxy) is 1. The zero-order chi connectivity index (χ0) is 43.2. The molecule has 3 atom stereocenters. The zero-order valence-electron chi connectivity index (χ0n) is 34.3. The fraction of sp³-hybridized carbons (Fsp3) is 0.478. The standard InChI is InChI=1S/C46H49F3N6O5S/c1-28-25-52(26-29(2)53(28)27-37(56)21-31-6-3-5-30(19-31)20-33-10-14-41(57)51-42(33)58)17-18-60-40-13-12-36(22-38(40)32-7-8-32)55-44(61)54(43(59)45(55)15-4-16-45)35-11-9-34(24-50)39(23-35)46(47,48)49/h3,5-6,9,11-13,19,22-23,28-29,32-33H,4,7-8,10,14-18,20-21,25-27H2,1-2H3,(H,51,57,58)/t28-,29+,33?. The lowest BCUT2D eigenvalue weighted by Crippen LogP contribution is -2.58. The number of ketones is 1. The molecule has 1 N–H and O–H groups in total. The average molecular weight is 855 g/mol. The first-order valence-electron chi connectivity index (χ1n) is 21.1. The summed E-state index contributed by atoms with van der Waals surface area (Å²) in [5, 5.41) is 11.9. The van der Waals surface area contributed by atoms with Crippen molar-refractivity contribution in [2.24, 2.45) is 5.92 Å². The number of halogens is 3. The second-order valence-electron chi connectivity index (χ2n) is 17.3. The van der Waals surface area contributed by atoms with Gasteiger partial charge in [-0.3, -0.25) is 39.2 Å². The van der Waals surface area contributed by atoms with Gasteiger partial charge in [0, 0.05) is 56.2 Å². The minimum Gasteiger partial charge on any atom is -0.492 e. The van der Waals surface area contributed by atoms with Gasteiger partial charge in [-0.1, -0.05) is 24.3 Å². The Kier molecular flexibility index (Phi) is 11.8. The van der Waals surface area contributed by atoms with Crippen LogP contribution in [0.15, 0.2) is 60.7 Å². The van der Waals surface area contributed by atoms with Gasteiger partial charge in [0.15, 0.2) is 10.9 Å². The number of alkyl halides is 3. The smallest absolute Gasteiger partial charge is 0.417 e. The number of hydrogen-bond acceptors (Lipinski definition) is 9. The molecule has 5 aliphatic rings. The summed E-state index contributed by atoms with van der Waals surface area (Å²) in [6.07, 6.45) is 0.733. The number of nitriles is 1. The summed E-state index contributed by atoms with van der Waals surface area (Å²) >= 11 is 5.87. The maximum atomic E-state index is 14.1. The number of benzene rings is 3. The maximum Gasteiger partial charge on any atom is 0.417 e. The molecule has 3 saturated heterocycles. The average Bonchev–Trinajstić information content (AvgIpc) is 4.01. The van der Waals surface area contributed by atoms with Gasteiger partial charge < -0.3 is 9.64 Å². The summed E-state index contributed by atoms with van der Waals surface area (Å²) in [5.41, 5.74) is 0.981. The number of carbonyl (C=O) groups is 4. The molecule has 61 heavy (non-hydrogen) atoms. The van der Waals surface area contributed by atoms with Crippen molar-refractivity contribution in [1.29, 1.82) is 5.26 Å². The van der Waals surface area contributed by atoms with E-state index in [4.69, 9.17) is 17.0 Å². The first-order valence-corrected chi connectivity index (χ1v) is 21.5. The first-order chi connectivity index (χ1) is 29.1. The Hall–Kier alpha value is -5.17. The Balaban J connectivity index is 0.877. The van der Waals surface area contributed by atoms with Crippen molar-refractivity contribution in [3.63, 3.8) is 0 Å². The summed E-state index contributed by atoms with van der Waals surface area (Å²) in [5.74, 6) is 0.101. The van der Waals surface area contributed by atoms with E-state index in [1.165, 1.54) is 11.0 Å². The molecule has 1 unspecified atom stereocenters. The third kappa shape index (κ3) is 8.67. The number of amides is 3. The Bertz CT molecular complexity index is 2290. The quantitative estimate of drug-likeness (QED) is 0.147. The van der Waals surface area contributed by atoms with E-state index >= 15 is 0 Å². The number of nitrogens with one attached hydrogen (secondary N) is 1. The SMILES string of the molecule is C[C@@H]1CN(CCOc2ccc(N3C(=S)N(c4ccc(C#N)c(C(F)(F)F)c4)C(=O)C34CCC4)cc2C2CC2)C[C@H](C)N1CC(=O)Cc1cccc(CC2CCC(=O)NC2=O)c1. The molecule has 2 aliphatic carbocycles. The molecule has 2 saturated carbocycles. The Morgan fingerprint density at radius 2 is 1.69 bits per heavy atom. The van der Waals surface area contributed by atoms with E-state index in [9.17, 15) is 37.6 Å². The molecule has 3 aromatic carbocycles. The number of carbonyl (C=O) groups excluding carboxylic acids is 4. The lowest BCUT2D eigenvalue weighted by molar-refractivity contribution is -0.138. The number of anilines is 2. The summed E-state index contributed by atoms with van der Waals surface area (Å²) in [6.45, 7) is 7.32. The monoisotopic (exact) mass is 854 g/mol. The summed E-state index contributed by atoms with van der Waals surface area (Å²) in [7, 11) is 0. The van der Waals surface area contributed by atoms with E-state index < -0.39 is 22.8 Å². The Labute approximate surface area is 358 Å². The lowest BCUT2D eigenvalue weighted by Gasteiger charge is -2.44. The third-order valence-corrected chi connectivity index (χ3v) is 13.3. The van der Waals surface area contributed by atoms with Crippen LogP contribution in [0.2, 0.25) is 0 Å². The molecule has 0 bridgehead atoms. The van der Waals surface area contributed by atoms with E-state index in [-0.39, 0.29) is 58.2 Å². The number of piperidine rings is 1. The number of Topliss-reactive ketones (excluding diaryl/α,β-unsaturated/α-hetero) is 1. The summed E-state index contributed by atoms with van der Waals surface area (Å²) in [6, 6.07) is 18.8. The molecular weight excluding hydrogens is 806 g/mol. The normalized spacial score (nSPS) is 23.2. The molecule has 5 fully saturated rings. The maximum absolute atomic E-state index is 14.1. The van der Waals surface area contributed by atoms with Gasteiger partial charge in [-0.25, -0.2) is 0 Å². The van der Waals surface area contributed by atoms with E-state index in [1.54, 1.807) is 6.07 Å². The molecule has 3 amide bonds. The molecule has 0 radical (unpaired) electrons. The van der Waals surface area contributed by atoms with Crippen molar-refractivity contribution < 1.29 is 37.1 Å². The lowest BCUT2D eigenvalue weighted by atomic mass is 9.75. The van der Waals surface area contributed by atoms with E-state index in [0.29, 0.717) is 63.9 Å². The first kappa shape index (κ1) is 42.5. The highest BCUT2D eigenvalue weighted by atomic mass is 32.1. The Morgan fingerprint density at radius 3 is 2.34 bits per heavy atom. The molecule has 320 valence electrons. The second-order valence-corrected chi connectivity index (χ2v) is 17.7. The number of rotatable bonds is 13.